The Bertz CT molecular complexity index is 1090. The van der Waals surface area contributed by atoms with E-state index in [0.717, 1.165) is 32.1 Å². The number of hydrogen-bond donors (Lipinski definition) is 2. The summed E-state index contributed by atoms with van der Waals surface area (Å²) in [6, 6.07) is 7.29. The van der Waals surface area contributed by atoms with Gasteiger partial charge in [-0.25, -0.2) is 0 Å². The minimum atomic E-state index is -1.07. The van der Waals surface area contributed by atoms with Gasteiger partial charge >= 0.3 is 0 Å². The van der Waals surface area contributed by atoms with E-state index < -0.39 is 29.6 Å². The molecular formula is C29H37N3O4. The summed E-state index contributed by atoms with van der Waals surface area (Å²) >= 11 is 0. The van der Waals surface area contributed by atoms with E-state index in [1.54, 1.807) is 4.90 Å². The third-order valence-electron chi connectivity index (χ3n) is 9.09. The summed E-state index contributed by atoms with van der Waals surface area (Å²) < 4.78 is 6.44. The van der Waals surface area contributed by atoms with Crippen molar-refractivity contribution in [1.29, 1.82) is 0 Å². The first-order valence-electron chi connectivity index (χ1n) is 13.7. The van der Waals surface area contributed by atoms with Gasteiger partial charge in [-0.2, -0.15) is 0 Å². The molecule has 1 aromatic carbocycles. The van der Waals surface area contributed by atoms with Crippen molar-refractivity contribution in [3.63, 3.8) is 0 Å². The molecule has 2 aliphatic carbocycles. The maximum Gasteiger partial charge on any atom is 0.246 e. The van der Waals surface area contributed by atoms with E-state index in [1.165, 1.54) is 12.0 Å². The third-order valence-corrected chi connectivity index (χ3v) is 9.09. The molecule has 5 aliphatic rings. The van der Waals surface area contributed by atoms with Crippen molar-refractivity contribution in [3.8, 4) is 0 Å². The van der Waals surface area contributed by atoms with Gasteiger partial charge in [0.2, 0.25) is 17.7 Å². The third kappa shape index (κ3) is 3.69. The van der Waals surface area contributed by atoms with Gasteiger partial charge in [-0.15, -0.1) is 0 Å². The molecule has 7 atom stereocenters. The molecule has 5 unspecified atom stereocenters. The van der Waals surface area contributed by atoms with Crippen LogP contribution in [0.1, 0.15) is 70.8 Å². The van der Waals surface area contributed by atoms with Crippen molar-refractivity contribution in [2.45, 2.75) is 95.0 Å². The van der Waals surface area contributed by atoms with Gasteiger partial charge in [-0.3, -0.25) is 14.4 Å². The first-order chi connectivity index (χ1) is 17.3. The fraction of sp³-hybridized carbons (Fsp3) is 0.621. The van der Waals surface area contributed by atoms with E-state index in [9.17, 15) is 14.4 Å². The van der Waals surface area contributed by atoms with Crippen molar-refractivity contribution in [3.05, 3.63) is 42.0 Å². The van der Waals surface area contributed by atoms with E-state index >= 15 is 0 Å². The van der Waals surface area contributed by atoms with Crippen molar-refractivity contribution < 1.29 is 19.1 Å². The highest BCUT2D eigenvalue weighted by atomic mass is 16.5. The molecule has 2 N–H and O–H groups in total. The van der Waals surface area contributed by atoms with Crippen LogP contribution in [0.4, 0.5) is 5.69 Å². The van der Waals surface area contributed by atoms with Crippen LogP contribution in [-0.2, 0) is 19.1 Å². The van der Waals surface area contributed by atoms with E-state index in [-0.39, 0.29) is 29.8 Å². The highest BCUT2D eigenvalue weighted by Gasteiger charge is 2.74. The molecule has 2 bridgehead atoms. The quantitative estimate of drug-likeness (QED) is 0.594. The monoisotopic (exact) mass is 491 g/mol. The SMILES string of the molecule is CC(C)c1ccc(NC(=O)C2[C@@H]3C=CC4(O3)C(C(=O)NC3CCCCC3C)N(C3CC3)C(=O)[C@H]24)cc1. The number of amides is 3. The van der Waals surface area contributed by atoms with Gasteiger partial charge in [0.15, 0.2) is 0 Å². The number of benzene rings is 1. The van der Waals surface area contributed by atoms with Crippen LogP contribution in [0.2, 0.25) is 0 Å². The van der Waals surface area contributed by atoms with Crippen LogP contribution in [0.15, 0.2) is 36.4 Å². The van der Waals surface area contributed by atoms with Crippen LogP contribution in [0.5, 0.6) is 0 Å². The predicted octanol–water partition coefficient (Wildman–Crippen LogP) is 3.76. The second kappa shape index (κ2) is 8.72. The molecule has 2 saturated heterocycles. The topological polar surface area (TPSA) is 87.7 Å². The number of rotatable bonds is 6. The lowest BCUT2D eigenvalue weighted by molar-refractivity contribution is -0.142. The van der Waals surface area contributed by atoms with Crippen LogP contribution in [-0.4, -0.2) is 52.5 Å². The summed E-state index contributed by atoms with van der Waals surface area (Å²) in [7, 11) is 0. The maximum atomic E-state index is 13.9. The largest absolute Gasteiger partial charge is 0.359 e. The number of nitrogens with one attached hydrogen (secondary N) is 2. The number of likely N-dealkylation sites (tertiary alicyclic amines) is 1. The number of carbonyl (C=O) groups excluding carboxylic acids is 3. The molecule has 7 heteroatoms. The standard InChI is InChI=1S/C29H37N3O4/c1-16(2)18-8-10-19(11-9-18)30-26(33)23-22-14-15-29(36-22)24(23)28(35)32(20-12-13-20)25(29)27(34)31-21-7-5-4-6-17(21)3/h8-11,14-17,20-25H,4-7,12-13H2,1-3H3,(H,30,33)(H,31,34)/t17?,21?,22-,23?,24-,25?,29?/m0/s1. The number of carbonyl (C=O) groups is 3. The number of nitrogens with zero attached hydrogens (tertiary/aromatic N) is 1. The van der Waals surface area contributed by atoms with Crippen molar-refractivity contribution in [2.75, 3.05) is 5.32 Å². The molecule has 3 aliphatic heterocycles. The maximum absolute atomic E-state index is 13.9. The van der Waals surface area contributed by atoms with Gasteiger partial charge in [-0.1, -0.05) is 57.9 Å². The van der Waals surface area contributed by atoms with Gasteiger partial charge in [-0.05, 0) is 55.2 Å². The van der Waals surface area contributed by atoms with Gasteiger partial charge < -0.3 is 20.3 Å². The molecule has 3 amide bonds. The predicted molar refractivity (Wildman–Crippen MR) is 136 cm³/mol. The molecule has 2 saturated carbocycles. The van der Waals surface area contributed by atoms with Crippen molar-refractivity contribution in [1.82, 2.24) is 10.2 Å². The van der Waals surface area contributed by atoms with Crippen molar-refractivity contribution >= 4 is 23.4 Å². The molecule has 36 heavy (non-hydrogen) atoms. The van der Waals surface area contributed by atoms with Gasteiger partial charge in [0, 0.05) is 17.8 Å². The lowest BCUT2D eigenvalue weighted by atomic mass is 9.74. The molecular weight excluding hydrogens is 454 g/mol. The highest BCUT2D eigenvalue weighted by molar-refractivity contribution is 6.03. The smallest absolute Gasteiger partial charge is 0.246 e. The van der Waals surface area contributed by atoms with E-state index in [2.05, 4.69) is 31.4 Å². The Morgan fingerprint density at radius 1 is 1.06 bits per heavy atom. The first-order valence-corrected chi connectivity index (χ1v) is 13.7. The fourth-order valence-electron chi connectivity index (χ4n) is 6.92. The second-order valence-corrected chi connectivity index (χ2v) is 11.8. The van der Waals surface area contributed by atoms with Crippen LogP contribution in [0.25, 0.3) is 0 Å². The van der Waals surface area contributed by atoms with Crippen LogP contribution >= 0.6 is 0 Å². The highest BCUT2D eigenvalue weighted by Crippen LogP contribution is 2.57. The number of hydrogen-bond acceptors (Lipinski definition) is 4. The zero-order valence-electron chi connectivity index (χ0n) is 21.4. The number of anilines is 1. The minimum Gasteiger partial charge on any atom is -0.359 e. The molecule has 0 radical (unpaired) electrons. The fourth-order valence-corrected chi connectivity index (χ4v) is 6.92. The Morgan fingerprint density at radius 3 is 2.44 bits per heavy atom. The molecule has 1 aromatic rings. The minimum absolute atomic E-state index is 0.0559. The molecule has 0 aromatic heterocycles. The Labute approximate surface area is 213 Å². The second-order valence-electron chi connectivity index (χ2n) is 11.8. The molecule has 4 fully saturated rings. The summed E-state index contributed by atoms with van der Waals surface area (Å²) in [6.45, 7) is 6.45. The summed E-state index contributed by atoms with van der Waals surface area (Å²) in [4.78, 5) is 43.0. The van der Waals surface area contributed by atoms with Gasteiger partial charge in [0.05, 0.1) is 17.9 Å². The zero-order chi connectivity index (χ0) is 25.2. The van der Waals surface area contributed by atoms with E-state index in [0.29, 0.717) is 17.5 Å². The molecule has 1 spiro atoms. The van der Waals surface area contributed by atoms with E-state index in [4.69, 9.17) is 4.74 Å². The van der Waals surface area contributed by atoms with Gasteiger partial charge in [0.1, 0.15) is 11.6 Å². The summed E-state index contributed by atoms with van der Waals surface area (Å²) in [5.74, 6) is -0.979. The number of ether oxygens (including phenoxy) is 1. The average Bonchev–Trinajstić information content (AvgIpc) is 3.45. The first kappa shape index (κ1) is 23.7. The van der Waals surface area contributed by atoms with Crippen LogP contribution in [0, 0.1) is 17.8 Å². The summed E-state index contributed by atoms with van der Waals surface area (Å²) in [5, 5.41) is 6.30. The molecule has 6 rings (SSSR count). The lowest BCUT2D eigenvalue weighted by Gasteiger charge is -2.36. The Morgan fingerprint density at radius 2 is 1.78 bits per heavy atom. The lowest BCUT2D eigenvalue weighted by Crippen LogP contribution is -2.57. The number of fused-ring (bicyclic) bond motifs is 1. The van der Waals surface area contributed by atoms with Crippen LogP contribution < -0.4 is 10.6 Å². The average molecular weight is 492 g/mol. The molecule has 7 nitrogen and oxygen atoms in total. The van der Waals surface area contributed by atoms with E-state index in [1.807, 2.05) is 36.4 Å². The summed E-state index contributed by atoms with van der Waals surface area (Å²) in [6.07, 6.45) is 9.45. The summed E-state index contributed by atoms with van der Waals surface area (Å²) in [5.41, 5.74) is 0.830. The van der Waals surface area contributed by atoms with Gasteiger partial charge in [0.25, 0.3) is 0 Å². The van der Waals surface area contributed by atoms with Crippen molar-refractivity contribution in [2.24, 2.45) is 17.8 Å². The van der Waals surface area contributed by atoms with Crippen LogP contribution in [0.3, 0.4) is 0 Å². The molecule has 3 heterocycles. The Kier molecular flexibility index (Phi) is 5.74. The Hall–Kier alpha value is -2.67. The Balaban J connectivity index is 1.26. The normalized spacial score (nSPS) is 36.9. The zero-order valence-corrected chi connectivity index (χ0v) is 21.4. The molecule has 192 valence electrons.